The van der Waals surface area contributed by atoms with E-state index in [-0.39, 0.29) is 47.6 Å². The zero-order chi connectivity index (χ0) is 23.6. The summed E-state index contributed by atoms with van der Waals surface area (Å²) in [6.45, 7) is 7.66. The lowest BCUT2D eigenvalue weighted by molar-refractivity contribution is -0.688. The molecule has 0 aromatic heterocycles. The number of nitrogens with zero attached hydrogens (tertiary/aromatic N) is 7. The van der Waals surface area contributed by atoms with Gasteiger partial charge in [0.1, 0.15) is 5.75 Å². The minimum Gasteiger partial charge on any atom is -0.571 e. The van der Waals surface area contributed by atoms with Crippen molar-refractivity contribution >= 4 is 17.5 Å². The van der Waals surface area contributed by atoms with Crippen LogP contribution in [0.25, 0.3) is 0 Å². The number of rotatable bonds is 11. The fourth-order valence-electron chi connectivity index (χ4n) is 2.32. The van der Waals surface area contributed by atoms with E-state index >= 15 is 0 Å². The van der Waals surface area contributed by atoms with Gasteiger partial charge in [-0.05, 0) is 39.8 Å². The van der Waals surface area contributed by atoms with Crippen LogP contribution in [0.1, 0.15) is 27.7 Å². The molecule has 14 nitrogen and oxygen atoms in total. The van der Waals surface area contributed by atoms with E-state index in [0.717, 1.165) is 34.3 Å². The van der Waals surface area contributed by atoms with Crippen LogP contribution in [0, 0.1) is 20.5 Å². The molecule has 0 radical (unpaired) electrons. The van der Waals surface area contributed by atoms with Crippen LogP contribution in [0.5, 0.6) is 5.75 Å². The molecule has 14 heteroatoms. The Bertz CT molecular complexity index is 794. The summed E-state index contributed by atoms with van der Waals surface area (Å²) in [6, 6.07) is 4.51. The van der Waals surface area contributed by atoms with Crippen molar-refractivity contribution in [2.45, 2.75) is 33.8 Å². The summed E-state index contributed by atoms with van der Waals surface area (Å²) in [4.78, 5) is 35.2. The van der Waals surface area contributed by atoms with Gasteiger partial charge < -0.3 is 15.2 Å². The Labute approximate surface area is 178 Å². The van der Waals surface area contributed by atoms with Gasteiger partial charge in [-0.3, -0.25) is 19.7 Å². The average molecular weight is 439 g/mol. The van der Waals surface area contributed by atoms with Crippen LogP contribution < -0.4 is 4.74 Å². The summed E-state index contributed by atoms with van der Waals surface area (Å²) < 4.78 is 5.29. The Morgan fingerprint density at radius 1 is 0.871 bits per heavy atom. The summed E-state index contributed by atoms with van der Waals surface area (Å²) in [5.74, 6) is -2.67. The lowest BCUT2D eigenvalue weighted by Gasteiger charge is -2.16. The van der Waals surface area contributed by atoms with E-state index in [2.05, 4.69) is 10.2 Å². The molecular formula is C17H25N7O7. The van der Waals surface area contributed by atoms with Crippen molar-refractivity contribution in [3.8, 4) is 5.75 Å². The van der Waals surface area contributed by atoms with Gasteiger partial charge in [-0.1, -0.05) is 0 Å². The van der Waals surface area contributed by atoms with Gasteiger partial charge in [0.15, 0.2) is 0 Å². The summed E-state index contributed by atoms with van der Waals surface area (Å²) >= 11 is 0. The number of benzene rings is 1. The molecule has 0 N–H and O–H groups in total. The largest absolute Gasteiger partial charge is 0.571 e. The molecule has 0 spiro atoms. The van der Waals surface area contributed by atoms with Crippen LogP contribution in [0.3, 0.4) is 0 Å². The van der Waals surface area contributed by atoms with Crippen molar-refractivity contribution in [1.82, 2.24) is 10.0 Å². The number of non-ortho nitro benzene ring substituents is 1. The lowest BCUT2D eigenvalue weighted by atomic mass is 10.3. The molecule has 0 bridgehead atoms. The second-order valence-corrected chi connectivity index (χ2v) is 5.91. The van der Waals surface area contributed by atoms with Gasteiger partial charge in [-0.15, -0.1) is 10.0 Å². The van der Waals surface area contributed by atoms with E-state index < -0.39 is 22.8 Å². The monoisotopic (exact) mass is 439 g/mol. The predicted octanol–water partition coefficient (Wildman–Crippen LogP) is 1.83. The van der Waals surface area contributed by atoms with Crippen molar-refractivity contribution in [1.29, 1.82) is 0 Å². The van der Waals surface area contributed by atoms with Crippen molar-refractivity contribution in [3.63, 3.8) is 0 Å². The molecule has 0 saturated heterocycles. The first kappa shape index (κ1) is 25.2. The number of nitro groups is 1. The third kappa shape index (κ3) is 7.17. The molecule has 0 aliphatic rings. The highest BCUT2D eigenvalue weighted by molar-refractivity contribution is 6.03. The van der Waals surface area contributed by atoms with E-state index in [1.165, 1.54) is 0 Å². The number of hydrogen-bond acceptors (Lipinski definition) is 7. The van der Waals surface area contributed by atoms with E-state index in [1.54, 1.807) is 27.7 Å². The summed E-state index contributed by atoms with van der Waals surface area (Å²) in [5.41, 5.74) is -0.240. The van der Waals surface area contributed by atoms with Crippen LogP contribution >= 0.6 is 0 Å². The molecule has 31 heavy (non-hydrogen) atoms. The number of hydrazine groups is 2. The van der Waals surface area contributed by atoms with Crippen molar-refractivity contribution < 1.29 is 29.2 Å². The second-order valence-electron chi connectivity index (χ2n) is 5.91. The normalized spacial score (nSPS) is 12.8. The van der Waals surface area contributed by atoms with E-state index in [9.17, 15) is 30.1 Å². The predicted molar refractivity (Wildman–Crippen MR) is 105 cm³/mol. The van der Waals surface area contributed by atoms with Crippen molar-refractivity contribution in [3.05, 3.63) is 44.8 Å². The van der Waals surface area contributed by atoms with Crippen molar-refractivity contribution in [2.75, 3.05) is 26.2 Å². The van der Waals surface area contributed by atoms with Gasteiger partial charge in [0.2, 0.25) is 0 Å². The molecular weight excluding hydrogens is 414 g/mol. The number of carbonyl (C=O) groups is 2. The molecule has 2 amide bonds. The molecule has 0 heterocycles. The highest BCUT2D eigenvalue weighted by Gasteiger charge is 2.35. The maximum atomic E-state index is 12.5. The van der Waals surface area contributed by atoms with Gasteiger partial charge >= 0.3 is 11.8 Å². The molecule has 0 atom stereocenters. The van der Waals surface area contributed by atoms with Gasteiger partial charge in [0, 0.05) is 22.1 Å². The Kier molecular flexibility index (Phi) is 9.75. The Morgan fingerprint density at radius 3 is 1.58 bits per heavy atom. The number of nitro benzene ring substituents is 1. The minimum atomic E-state index is -2.04. The van der Waals surface area contributed by atoms with E-state index in [4.69, 9.17) is 4.74 Å². The number of amides is 2. The summed E-state index contributed by atoms with van der Waals surface area (Å²) in [7, 11) is 0. The van der Waals surface area contributed by atoms with Crippen LogP contribution in [-0.4, -0.2) is 69.0 Å². The number of ether oxygens (including phenoxy) is 1. The first-order valence-corrected chi connectivity index (χ1v) is 9.54. The standard InChI is InChI=1S/C17H25N7O7/c1-5-20(6-2)23(29)18-16(25)15(17(26)19-24(30)21(7-3)8-4)31-14-11-9-13(10-12-14)22(27)28/h9-12,15H,5-8H2,1-4H3. The quantitative estimate of drug-likeness (QED) is 0.164. The summed E-state index contributed by atoms with van der Waals surface area (Å²) in [6.07, 6.45) is -2.04. The van der Waals surface area contributed by atoms with Gasteiger partial charge in [0.05, 0.1) is 41.3 Å². The summed E-state index contributed by atoms with van der Waals surface area (Å²) in [5, 5.41) is 43.8. The molecule has 0 aliphatic heterocycles. The molecule has 170 valence electrons. The van der Waals surface area contributed by atoms with Crippen LogP contribution in [-0.2, 0) is 9.59 Å². The maximum Gasteiger partial charge on any atom is 0.363 e. The average Bonchev–Trinajstić information content (AvgIpc) is 2.73. The molecule has 1 rings (SSSR count). The van der Waals surface area contributed by atoms with Gasteiger partial charge in [-0.25, -0.2) is 0 Å². The van der Waals surface area contributed by atoms with Crippen LogP contribution in [0.4, 0.5) is 5.69 Å². The van der Waals surface area contributed by atoms with E-state index in [1.807, 2.05) is 0 Å². The first-order chi connectivity index (χ1) is 14.7. The second kappa shape index (κ2) is 12.0. The highest BCUT2D eigenvalue weighted by Crippen LogP contribution is 2.19. The zero-order valence-corrected chi connectivity index (χ0v) is 17.7. The van der Waals surface area contributed by atoms with Gasteiger partial charge in [0.25, 0.3) is 11.8 Å². The molecule has 0 saturated carbocycles. The zero-order valence-electron chi connectivity index (χ0n) is 17.7. The topological polar surface area (TPSA) is 170 Å². The molecule has 0 unspecified atom stereocenters. The first-order valence-electron chi connectivity index (χ1n) is 9.54. The fourth-order valence-corrected chi connectivity index (χ4v) is 2.32. The van der Waals surface area contributed by atoms with Crippen molar-refractivity contribution in [2.24, 2.45) is 10.2 Å². The molecule has 0 aliphatic carbocycles. The van der Waals surface area contributed by atoms with E-state index in [0.29, 0.717) is 0 Å². The third-order valence-electron chi connectivity index (χ3n) is 4.06. The molecule has 1 aromatic carbocycles. The number of carbonyl (C=O) groups excluding carboxylic acids is 2. The minimum absolute atomic E-state index is 0.0289. The Morgan fingerprint density at radius 2 is 1.26 bits per heavy atom. The Balaban J connectivity index is 3.26. The van der Waals surface area contributed by atoms with Crippen LogP contribution in [0.2, 0.25) is 0 Å². The fraction of sp³-hybridized carbons (Fsp3) is 0.529. The smallest absolute Gasteiger partial charge is 0.363 e. The molecule has 1 aromatic rings. The third-order valence-corrected chi connectivity index (χ3v) is 4.06. The maximum absolute atomic E-state index is 12.5. The highest BCUT2D eigenvalue weighted by atomic mass is 16.6. The van der Waals surface area contributed by atoms with Crippen LogP contribution in [0.15, 0.2) is 34.5 Å². The molecule has 0 fully saturated rings. The van der Waals surface area contributed by atoms with Gasteiger partial charge in [-0.2, -0.15) is 0 Å². The number of hydrogen-bond donors (Lipinski definition) is 0. The SMILES string of the molecule is CCN(CC)[N+]([O-])=NC(=O)C(Oc1ccc([N+](=O)[O-])cc1)C(=O)N=[N+]([O-])N(CC)CC. The lowest BCUT2D eigenvalue weighted by Crippen LogP contribution is -2.39. The Hall–Kier alpha value is -3.84.